The number of aromatic nitrogens is 3. The van der Waals surface area contributed by atoms with Crippen LogP contribution in [0.5, 0.6) is 5.75 Å². The summed E-state index contributed by atoms with van der Waals surface area (Å²) in [4.78, 5) is 2.33. The third-order valence-electron chi connectivity index (χ3n) is 7.42. The Morgan fingerprint density at radius 2 is 1.78 bits per heavy atom. The number of hydrogen-bond acceptors (Lipinski definition) is 6. The quantitative estimate of drug-likeness (QED) is 0.284. The molecule has 192 valence electrons. The normalized spacial score (nSPS) is 19.8. The third-order valence-corrected chi connectivity index (χ3v) is 7.42. The highest BCUT2D eigenvalue weighted by Gasteiger charge is 2.33. The van der Waals surface area contributed by atoms with Gasteiger partial charge in [0.25, 0.3) is 0 Å². The summed E-state index contributed by atoms with van der Waals surface area (Å²) < 4.78 is 20.5. The number of furan rings is 1. The van der Waals surface area contributed by atoms with Gasteiger partial charge in [0.15, 0.2) is 5.82 Å². The maximum atomic E-state index is 6.40. The fourth-order valence-corrected chi connectivity index (χ4v) is 5.52. The highest BCUT2D eigenvalue weighted by molar-refractivity contribution is 5.39. The maximum absolute atomic E-state index is 6.40. The second-order valence-electron chi connectivity index (χ2n) is 9.94. The Balaban J connectivity index is 1.25. The summed E-state index contributed by atoms with van der Waals surface area (Å²) >= 11 is 0. The molecule has 0 amide bonds. The standard InChI is InChI=1S/C30H34N4O3/c1-2-10-23(11-3-1)20-24-12-4-5-15-27(24)37-22-29-31-32-30(34(29)21-25-13-6-7-18-35-25)33-17-8-14-26(33)28-16-9-19-36-28/h1-5,9-12,15-16,19,25-26H,6-8,13-14,17-18,20-22H2. The van der Waals surface area contributed by atoms with Crippen LogP contribution in [0.15, 0.2) is 77.4 Å². The van der Waals surface area contributed by atoms with Crippen LogP contribution in [-0.2, 0) is 24.3 Å². The molecule has 0 N–H and O–H groups in total. The smallest absolute Gasteiger partial charge is 0.228 e. The summed E-state index contributed by atoms with van der Waals surface area (Å²) in [6.07, 6.45) is 8.25. The molecule has 4 aromatic rings. The molecule has 2 aliphatic heterocycles. The van der Waals surface area contributed by atoms with Gasteiger partial charge in [-0.2, -0.15) is 0 Å². The first-order valence-electron chi connectivity index (χ1n) is 13.4. The molecular weight excluding hydrogens is 464 g/mol. The fourth-order valence-electron chi connectivity index (χ4n) is 5.52. The molecule has 2 atom stereocenters. The number of anilines is 1. The number of para-hydroxylation sites is 1. The van der Waals surface area contributed by atoms with Crippen LogP contribution in [0.1, 0.15) is 60.9 Å². The molecule has 0 bridgehead atoms. The average Bonchev–Trinajstić information content (AvgIpc) is 3.71. The Morgan fingerprint density at radius 3 is 2.62 bits per heavy atom. The number of rotatable bonds is 9. The second kappa shape index (κ2) is 11.2. The minimum absolute atomic E-state index is 0.164. The van der Waals surface area contributed by atoms with Crippen LogP contribution < -0.4 is 9.64 Å². The molecule has 0 radical (unpaired) electrons. The van der Waals surface area contributed by atoms with Crippen LogP contribution in [0.3, 0.4) is 0 Å². The largest absolute Gasteiger partial charge is 0.485 e. The van der Waals surface area contributed by atoms with Gasteiger partial charge in [0.05, 0.1) is 25.0 Å². The summed E-state index contributed by atoms with van der Waals surface area (Å²) in [5.41, 5.74) is 2.42. The number of ether oxygens (including phenoxy) is 2. The molecule has 7 nitrogen and oxygen atoms in total. The molecule has 2 saturated heterocycles. The van der Waals surface area contributed by atoms with Crippen molar-refractivity contribution in [3.8, 4) is 5.75 Å². The SMILES string of the molecule is c1ccc(Cc2ccccc2OCc2nnc(N3CCCC3c3ccco3)n2CC2CCCCO2)cc1. The molecule has 2 aromatic carbocycles. The van der Waals surface area contributed by atoms with Gasteiger partial charge in [-0.1, -0.05) is 48.5 Å². The Kier molecular flexibility index (Phi) is 7.21. The fraction of sp³-hybridized carbons (Fsp3) is 0.400. The van der Waals surface area contributed by atoms with E-state index < -0.39 is 0 Å². The molecule has 6 rings (SSSR count). The van der Waals surface area contributed by atoms with Crippen molar-refractivity contribution < 1.29 is 13.9 Å². The van der Waals surface area contributed by atoms with E-state index in [1.165, 1.54) is 12.0 Å². The van der Waals surface area contributed by atoms with Gasteiger partial charge in [0, 0.05) is 19.6 Å². The lowest BCUT2D eigenvalue weighted by molar-refractivity contribution is 0.00529. The van der Waals surface area contributed by atoms with Crippen molar-refractivity contribution in [1.29, 1.82) is 0 Å². The van der Waals surface area contributed by atoms with Gasteiger partial charge in [0.1, 0.15) is 18.1 Å². The van der Waals surface area contributed by atoms with E-state index >= 15 is 0 Å². The Hall–Kier alpha value is -3.58. The Labute approximate surface area is 218 Å². The van der Waals surface area contributed by atoms with E-state index in [2.05, 4.69) is 62.1 Å². The van der Waals surface area contributed by atoms with E-state index in [1.807, 2.05) is 24.3 Å². The van der Waals surface area contributed by atoms with Crippen LogP contribution >= 0.6 is 0 Å². The minimum atomic E-state index is 0.164. The molecule has 2 unspecified atom stereocenters. The first-order valence-corrected chi connectivity index (χ1v) is 13.4. The molecular formula is C30H34N4O3. The number of nitrogens with zero attached hydrogens (tertiary/aromatic N) is 4. The van der Waals surface area contributed by atoms with Gasteiger partial charge in [-0.05, 0) is 61.4 Å². The lowest BCUT2D eigenvalue weighted by Gasteiger charge is -2.28. The Morgan fingerprint density at radius 1 is 0.892 bits per heavy atom. The zero-order chi connectivity index (χ0) is 24.9. The van der Waals surface area contributed by atoms with Gasteiger partial charge in [-0.25, -0.2) is 0 Å². The predicted molar refractivity (Wildman–Crippen MR) is 142 cm³/mol. The molecule has 2 aromatic heterocycles. The van der Waals surface area contributed by atoms with Crippen molar-refractivity contribution in [3.63, 3.8) is 0 Å². The zero-order valence-electron chi connectivity index (χ0n) is 21.2. The van der Waals surface area contributed by atoms with E-state index in [1.54, 1.807) is 6.26 Å². The monoisotopic (exact) mass is 498 g/mol. The van der Waals surface area contributed by atoms with Crippen LogP contribution in [-0.4, -0.2) is 34.0 Å². The highest BCUT2D eigenvalue weighted by atomic mass is 16.5. The first-order chi connectivity index (χ1) is 18.3. The molecule has 2 fully saturated rings. The van der Waals surface area contributed by atoms with Crippen LogP contribution in [0.4, 0.5) is 5.95 Å². The second-order valence-corrected chi connectivity index (χ2v) is 9.94. The van der Waals surface area contributed by atoms with Crippen LogP contribution in [0.2, 0.25) is 0 Å². The zero-order valence-corrected chi connectivity index (χ0v) is 21.2. The summed E-state index contributed by atoms with van der Waals surface area (Å²) in [6.45, 7) is 2.83. The highest BCUT2D eigenvalue weighted by Crippen LogP contribution is 2.36. The molecule has 0 saturated carbocycles. The summed E-state index contributed by atoms with van der Waals surface area (Å²) in [6, 6.07) is 22.9. The van der Waals surface area contributed by atoms with Gasteiger partial charge >= 0.3 is 0 Å². The minimum Gasteiger partial charge on any atom is -0.485 e. The van der Waals surface area contributed by atoms with E-state index in [0.29, 0.717) is 6.61 Å². The van der Waals surface area contributed by atoms with E-state index in [-0.39, 0.29) is 12.1 Å². The van der Waals surface area contributed by atoms with Crippen molar-refractivity contribution >= 4 is 5.95 Å². The van der Waals surface area contributed by atoms with E-state index in [4.69, 9.17) is 13.9 Å². The molecule has 4 heterocycles. The van der Waals surface area contributed by atoms with Crippen molar-refractivity contribution in [2.75, 3.05) is 18.1 Å². The summed E-state index contributed by atoms with van der Waals surface area (Å²) in [5.74, 6) is 3.56. The van der Waals surface area contributed by atoms with Crippen molar-refractivity contribution in [3.05, 3.63) is 95.7 Å². The summed E-state index contributed by atoms with van der Waals surface area (Å²) in [7, 11) is 0. The Bertz CT molecular complexity index is 1270. The van der Waals surface area contributed by atoms with Crippen molar-refractivity contribution in [2.45, 2.75) is 63.8 Å². The number of benzene rings is 2. The van der Waals surface area contributed by atoms with Crippen LogP contribution in [0.25, 0.3) is 0 Å². The van der Waals surface area contributed by atoms with Crippen molar-refractivity contribution in [2.24, 2.45) is 0 Å². The lowest BCUT2D eigenvalue weighted by Crippen LogP contribution is -2.30. The molecule has 2 aliphatic rings. The molecule has 7 heteroatoms. The first kappa shape index (κ1) is 23.8. The van der Waals surface area contributed by atoms with Crippen molar-refractivity contribution in [1.82, 2.24) is 14.8 Å². The van der Waals surface area contributed by atoms with Gasteiger partial charge < -0.3 is 18.8 Å². The molecule has 37 heavy (non-hydrogen) atoms. The maximum Gasteiger partial charge on any atom is 0.228 e. The van der Waals surface area contributed by atoms with E-state index in [0.717, 1.165) is 80.6 Å². The van der Waals surface area contributed by atoms with Gasteiger partial charge in [-0.3, -0.25) is 4.57 Å². The third kappa shape index (κ3) is 5.42. The van der Waals surface area contributed by atoms with Gasteiger partial charge in [0.2, 0.25) is 5.95 Å². The van der Waals surface area contributed by atoms with Gasteiger partial charge in [-0.15, -0.1) is 10.2 Å². The summed E-state index contributed by atoms with van der Waals surface area (Å²) in [5, 5.41) is 9.32. The van der Waals surface area contributed by atoms with Crippen LogP contribution in [0, 0.1) is 0 Å². The average molecular weight is 499 g/mol. The number of hydrogen-bond donors (Lipinski definition) is 0. The molecule has 0 spiro atoms. The molecule has 0 aliphatic carbocycles. The van der Waals surface area contributed by atoms with E-state index in [9.17, 15) is 0 Å². The predicted octanol–water partition coefficient (Wildman–Crippen LogP) is 5.95. The lowest BCUT2D eigenvalue weighted by atomic mass is 10.0. The topological polar surface area (TPSA) is 65.6 Å².